The van der Waals surface area contributed by atoms with Crippen molar-refractivity contribution in [3.05, 3.63) is 60.2 Å². The molecule has 0 aromatic heterocycles. The lowest BCUT2D eigenvalue weighted by Gasteiger charge is -2.35. The molecule has 0 amide bonds. The smallest absolute Gasteiger partial charge is 0.163 e. The summed E-state index contributed by atoms with van der Waals surface area (Å²) in [6.07, 6.45) is 5.72. The Labute approximate surface area is 144 Å². The third-order valence-electron chi connectivity index (χ3n) is 4.65. The van der Waals surface area contributed by atoms with Crippen LogP contribution in [-0.2, 0) is 6.42 Å². The average Bonchev–Trinajstić information content (AvgIpc) is 3.42. The van der Waals surface area contributed by atoms with Crippen LogP contribution in [0.25, 0.3) is 0 Å². The second kappa shape index (κ2) is 7.41. The third kappa shape index (κ3) is 4.30. The summed E-state index contributed by atoms with van der Waals surface area (Å²) < 4.78 is 6.42. The SMILES string of the molecule is CNC(CCCc1ccccc1)(Oc1ccc(S)cc1)C1CC1. The first kappa shape index (κ1) is 16.4. The van der Waals surface area contributed by atoms with Crippen molar-refractivity contribution in [2.24, 2.45) is 5.92 Å². The average molecular weight is 327 g/mol. The van der Waals surface area contributed by atoms with Gasteiger partial charge in [-0.15, -0.1) is 12.6 Å². The maximum atomic E-state index is 6.42. The zero-order chi connectivity index (χ0) is 16.1. The molecule has 1 atom stereocenters. The molecule has 3 rings (SSSR count). The van der Waals surface area contributed by atoms with E-state index in [9.17, 15) is 0 Å². The number of thiol groups is 1. The molecule has 0 radical (unpaired) electrons. The zero-order valence-corrected chi connectivity index (χ0v) is 14.6. The van der Waals surface area contributed by atoms with Crippen molar-refractivity contribution in [3.8, 4) is 5.75 Å². The van der Waals surface area contributed by atoms with Crippen LogP contribution in [-0.4, -0.2) is 12.8 Å². The van der Waals surface area contributed by atoms with E-state index in [0.717, 1.165) is 29.9 Å². The Kier molecular flexibility index (Phi) is 5.29. The van der Waals surface area contributed by atoms with Crippen molar-refractivity contribution >= 4 is 12.6 Å². The van der Waals surface area contributed by atoms with Crippen molar-refractivity contribution in [3.63, 3.8) is 0 Å². The van der Waals surface area contributed by atoms with Gasteiger partial charge < -0.3 is 4.74 Å². The molecule has 3 heteroatoms. The van der Waals surface area contributed by atoms with Crippen LogP contribution in [0.1, 0.15) is 31.2 Å². The number of rotatable bonds is 8. The predicted molar refractivity (Wildman–Crippen MR) is 98.2 cm³/mol. The van der Waals surface area contributed by atoms with E-state index < -0.39 is 0 Å². The second-order valence-corrected chi connectivity index (χ2v) is 6.87. The van der Waals surface area contributed by atoms with Gasteiger partial charge in [-0.05, 0) is 62.6 Å². The van der Waals surface area contributed by atoms with Crippen molar-refractivity contribution in [1.82, 2.24) is 5.32 Å². The molecule has 2 aromatic carbocycles. The number of hydrogen-bond donors (Lipinski definition) is 2. The Bertz CT molecular complexity index is 609. The molecule has 1 N–H and O–H groups in total. The highest BCUT2D eigenvalue weighted by Crippen LogP contribution is 2.43. The highest BCUT2D eigenvalue weighted by atomic mass is 32.1. The van der Waals surface area contributed by atoms with Gasteiger partial charge in [-0.1, -0.05) is 30.3 Å². The summed E-state index contributed by atoms with van der Waals surface area (Å²) in [6.45, 7) is 0. The Morgan fingerprint density at radius 1 is 1.09 bits per heavy atom. The minimum Gasteiger partial charge on any atom is -0.473 e. The summed E-state index contributed by atoms with van der Waals surface area (Å²) in [4.78, 5) is 0.961. The largest absolute Gasteiger partial charge is 0.473 e. The normalized spacial score (nSPS) is 16.8. The fourth-order valence-electron chi connectivity index (χ4n) is 3.19. The Morgan fingerprint density at radius 3 is 2.39 bits per heavy atom. The van der Waals surface area contributed by atoms with Gasteiger partial charge in [-0.2, -0.15) is 0 Å². The lowest BCUT2D eigenvalue weighted by Crippen LogP contribution is -2.50. The molecule has 122 valence electrons. The lowest BCUT2D eigenvalue weighted by molar-refractivity contribution is 0.00750. The molecule has 1 fully saturated rings. The third-order valence-corrected chi connectivity index (χ3v) is 4.95. The van der Waals surface area contributed by atoms with E-state index in [1.54, 1.807) is 0 Å². The van der Waals surface area contributed by atoms with E-state index in [0.29, 0.717) is 5.92 Å². The summed E-state index contributed by atoms with van der Waals surface area (Å²) in [5.74, 6) is 1.53. The van der Waals surface area contributed by atoms with Gasteiger partial charge in [-0.3, -0.25) is 5.32 Å². The van der Waals surface area contributed by atoms with Crippen molar-refractivity contribution in [2.45, 2.75) is 42.7 Å². The monoisotopic (exact) mass is 327 g/mol. The summed E-state index contributed by atoms with van der Waals surface area (Å²) in [5, 5.41) is 3.49. The van der Waals surface area contributed by atoms with Crippen molar-refractivity contribution < 1.29 is 4.74 Å². The number of hydrogen-bond acceptors (Lipinski definition) is 3. The molecule has 1 unspecified atom stereocenters. The Hall–Kier alpha value is -1.45. The highest BCUT2D eigenvalue weighted by molar-refractivity contribution is 7.80. The lowest BCUT2D eigenvalue weighted by atomic mass is 9.98. The molecule has 0 heterocycles. The minimum atomic E-state index is -0.243. The van der Waals surface area contributed by atoms with Gasteiger partial charge in [-0.25, -0.2) is 0 Å². The maximum Gasteiger partial charge on any atom is 0.163 e. The highest BCUT2D eigenvalue weighted by Gasteiger charge is 2.46. The maximum absolute atomic E-state index is 6.42. The van der Waals surface area contributed by atoms with E-state index in [1.807, 2.05) is 31.3 Å². The molecular formula is C20H25NOS. The van der Waals surface area contributed by atoms with Crippen LogP contribution in [0.15, 0.2) is 59.5 Å². The standard InChI is InChI=1S/C20H25NOS/c1-21-20(17-9-10-17,22-18-11-13-19(23)14-12-18)15-5-8-16-6-3-2-4-7-16/h2-4,6-7,11-14,17,21,23H,5,8-10,15H2,1H3. The topological polar surface area (TPSA) is 21.3 Å². The fourth-order valence-corrected chi connectivity index (χ4v) is 3.34. The molecule has 1 aliphatic carbocycles. The van der Waals surface area contributed by atoms with Crippen molar-refractivity contribution in [1.29, 1.82) is 0 Å². The Morgan fingerprint density at radius 2 is 1.78 bits per heavy atom. The molecule has 0 aliphatic heterocycles. The van der Waals surface area contributed by atoms with Gasteiger partial charge in [0.05, 0.1) is 0 Å². The summed E-state index contributed by atoms with van der Waals surface area (Å²) in [6, 6.07) is 18.7. The van der Waals surface area contributed by atoms with E-state index in [1.165, 1.54) is 18.4 Å². The van der Waals surface area contributed by atoms with Crippen LogP contribution >= 0.6 is 12.6 Å². The van der Waals surface area contributed by atoms with Crippen LogP contribution in [0.5, 0.6) is 5.75 Å². The first-order chi connectivity index (χ1) is 11.2. The molecule has 0 spiro atoms. The summed E-state index contributed by atoms with van der Waals surface area (Å²) in [5.41, 5.74) is 1.15. The fraction of sp³-hybridized carbons (Fsp3) is 0.400. The first-order valence-electron chi connectivity index (χ1n) is 8.43. The molecule has 2 nitrogen and oxygen atoms in total. The Balaban J connectivity index is 1.65. The van der Waals surface area contributed by atoms with Crippen LogP contribution in [0.2, 0.25) is 0 Å². The van der Waals surface area contributed by atoms with Crippen LogP contribution in [0, 0.1) is 5.92 Å². The zero-order valence-electron chi connectivity index (χ0n) is 13.7. The van der Waals surface area contributed by atoms with Crippen LogP contribution in [0.3, 0.4) is 0 Å². The van der Waals surface area contributed by atoms with Crippen molar-refractivity contribution in [2.75, 3.05) is 7.05 Å². The number of benzene rings is 2. The molecule has 0 saturated heterocycles. The minimum absolute atomic E-state index is 0.243. The van der Waals surface area contributed by atoms with E-state index in [-0.39, 0.29) is 5.72 Å². The molecule has 2 aromatic rings. The molecular weight excluding hydrogens is 302 g/mol. The van der Waals surface area contributed by atoms with Gasteiger partial charge in [0.1, 0.15) is 5.75 Å². The molecule has 0 bridgehead atoms. The van der Waals surface area contributed by atoms with Gasteiger partial charge in [0.15, 0.2) is 5.72 Å². The van der Waals surface area contributed by atoms with E-state index >= 15 is 0 Å². The van der Waals surface area contributed by atoms with Gasteiger partial charge in [0.2, 0.25) is 0 Å². The predicted octanol–water partition coefficient (Wildman–Crippen LogP) is 4.70. The molecule has 1 aliphatic rings. The molecule has 23 heavy (non-hydrogen) atoms. The van der Waals surface area contributed by atoms with E-state index in [2.05, 4.69) is 48.3 Å². The number of ether oxygens (including phenoxy) is 1. The number of aryl methyl sites for hydroxylation is 1. The van der Waals surface area contributed by atoms with E-state index in [4.69, 9.17) is 4.74 Å². The summed E-state index contributed by atoms with van der Waals surface area (Å²) in [7, 11) is 2.02. The quantitative estimate of drug-likeness (QED) is 0.541. The number of nitrogens with one attached hydrogen (secondary N) is 1. The summed E-state index contributed by atoms with van der Waals surface area (Å²) >= 11 is 4.34. The van der Waals surface area contributed by atoms with Crippen LogP contribution < -0.4 is 10.1 Å². The molecule has 1 saturated carbocycles. The van der Waals surface area contributed by atoms with Gasteiger partial charge in [0, 0.05) is 17.2 Å². The van der Waals surface area contributed by atoms with Crippen LogP contribution in [0.4, 0.5) is 0 Å². The van der Waals surface area contributed by atoms with Gasteiger partial charge >= 0.3 is 0 Å². The second-order valence-electron chi connectivity index (χ2n) is 6.35. The first-order valence-corrected chi connectivity index (χ1v) is 8.87. The van der Waals surface area contributed by atoms with Gasteiger partial charge in [0.25, 0.3) is 0 Å².